The van der Waals surface area contributed by atoms with Crippen molar-refractivity contribution in [1.29, 1.82) is 0 Å². The van der Waals surface area contributed by atoms with Crippen LogP contribution in [0.3, 0.4) is 0 Å². The van der Waals surface area contributed by atoms with Crippen molar-refractivity contribution in [3.05, 3.63) is 72.6 Å². The summed E-state index contributed by atoms with van der Waals surface area (Å²) in [6.07, 6.45) is 1.51. The summed E-state index contributed by atoms with van der Waals surface area (Å²) in [5.41, 5.74) is 1.65. The van der Waals surface area contributed by atoms with Gasteiger partial charge in [-0.3, -0.25) is 4.79 Å². The first-order chi connectivity index (χ1) is 15.9. The quantitative estimate of drug-likeness (QED) is 0.291. The second-order valence-corrected chi connectivity index (χ2v) is 11.4. The number of fused-ring (bicyclic) bond motifs is 1. The number of carbonyl (C=O) groups is 1. The Hall–Kier alpha value is -2.79. The molecule has 1 amide bonds. The number of nitrogens with zero attached hydrogens (tertiary/aromatic N) is 3. The third-order valence-electron chi connectivity index (χ3n) is 4.90. The van der Waals surface area contributed by atoms with E-state index >= 15 is 0 Å². The van der Waals surface area contributed by atoms with E-state index in [4.69, 9.17) is 0 Å². The molecule has 4 aromatic rings. The number of rotatable bonds is 8. The highest BCUT2D eigenvalue weighted by Crippen LogP contribution is 2.36. The fourth-order valence-electron chi connectivity index (χ4n) is 3.17. The first kappa shape index (κ1) is 23.4. The van der Waals surface area contributed by atoms with Gasteiger partial charge in [-0.1, -0.05) is 60.3 Å². The number of carbonyl (C=O) groups excluding carboxylic acids is 1. The number of thioether (sulfide) groups is 1. The van der Waals surface area contributed by atoms with E-state index in [1.165, 1.54) is 32.2 Å². The molecule has 0 saturated carbocycles. The molecule has 170 valence electrons. The number of nitrogens with one attached hydrogen (secondary N) is 1. The number of sulfonamides is 1. The Balaban J connectivity index is 1.44. The Morgan fingerprint density at radius 3 is 2.55 bits per heavy atom. The molecule has 0 radical (unpaired) electrons. The smallest absolute Gasteiger partial charge is 0.242 e. The molecule has 2 aromatic carbocycles. The van der Waals surface area contributed by atoms with Crippen LogP contribution in [0, 0.1) is 0 Å². The van der Waals surface area contributed by atoms with Gasteiger partial charge in [-0.15, -0.1) is 11.3 Å². The predicted molar refractivity (Wildman–Crippen MR) is 133 cm³/mol. The van der Waals surface area contributed by atoms with Gasteiger partial charge in [0.15, 0.2) is 0 Å². The number of hydrogen-bond donors (Lipinski definition) is 1. The van der Waals surface area contributed by atoms with Crippen LogP contribution in [0.25, 0.3) is 20.7 Å². The van der Waals surface area contributed by atoms with E-state index in [1.807, 2.05) is 30.3 Å². The Labute approximate surface area is 200 Å². The highest BCUT2D eigenvalue weighted by molar-refractivity contribution is 8.00. The maximum Gasteiger partial charge on any atom is 0.242 e. The van der Waals surface area contributed by atoms with Crippen molar-refractivity contribution in [2.24, 2.45) is 0 Å². The van der Waals surface area contributed by atoms with Crippen molar-refractivity contribution in [3.63, 3.8) is 0 Å². The third kappa shape index (κ3) is 5.25. The van der Waals surface area contributed by atoms with Gasteiger partial charge < -0.3 is 5.32 Å². The number of benzene rings is 2. The third-order valence-corrected chi connectivity index (χ3v) is 8.91. The molecular weight excluding hydrogens is 476 g/mol. The van der Waals surface area contributed by atoms with E-state index in [0.29, 0.717) is 5.56 Å². The molecule has 0 fully saturated rings. The summed E-state index contributed by atoms with van der Waals surface area (Å²) in [6.45, 7) is 0.123. The predicted octanol–water partition coefficient (Wildman–Crippen LogP) is 4.02. The van der Waals surface area contributed by atoms with Crippen molar-refractivity contribution in [2.75, 3.05) is 19.8 Å². The first-order valence-corrected chi connectivity index (χ1v) is 13.3. The second-order valence-electron chi connectivity index (χ2n) is 7.33. The van der Waals surface area contributed by atoms with Gasteiger partial charge in [0.25, 0.3) is 0 Å². The molecule has 1 N–H and O–H groups in total. The van der Waals surface area contributed by atoms with Crippen molar-refractivity contribution >= 4 is 49.2 Å². The van der Waals surface area contributed by atoms with Crippen molar-refractivity contribution < 1.29 is 13.2 Å². The number of hydrogen-bond acceptors (Lipinski definition) is 7. The molecule has 0 aliphatic rings. The first-order valence-electron chi connectivity index (χ1n) is 10.1. The van der Waals surface area contributed by atoms with Crippen LogP contribution in [-0.2, 0) is 21.4 Å². The van der Waals surface area contributed by atoms with Gasteiger partial charge in [0.2, 0.25) is 15.9 Å². The van der Waals surface area contributed by atoms with Gasteiger partial charge >= 0.3 is 0 Å². The van der Waals surface area contributed by atoms with Crippen molar-refractivity contribution in [2.45, 2.75) is 16.5 Å². The molecule has 4 rings (SSSR count). The summed E-state index contributed by atoms with van der Waals surface area (Å²) in [5.74, 6) is -0.0482. The lowest BCUT2D eigenvalue weighted by Gasteiger charge is -2.15. The number of amides is 1. The SMILES string of the molecule is CN(C)S(=O)(=O)c1ccccc1CNC(=O)CSc1ncnc2sc(-c3ccccc3)cc12. The molecule has 0 bridgehead atoms. The van der Waals surface area contributed by atoms with Gasteiger partial charge in [-0.2, -0.15) is 0 Å². The normalized spacial score (nSPS) is 11.7. The van der Waals surface area contributed by atoms with Crippen molar-refractivity contribution in [1.82, 2.24) is 19.6 Å². The summed E-state index contributed by atoms with van der Waals surface area (Å²) in [5, 5.41) is 4.47. The molecular formula is C23H22N4O3S3. The average molecular weight is 499 g/mol. The molecule has 2 heterocycles. The zero-order valence-electron chi connectivity index (χ0n) is 18.1. The monoisotopic (exact) mass is 498 g/mol. The molecule has 7 nitrogen and oxygen atoms in total. The largest absolute Gasteiger partial charge is 0.351 e. The number of aromatic nitrogens is 2. The molecule has 33 heavy (non-hydrogen) atoms. The van der Waals surface area contributed by atoms with E-state index in [1.54, 1.807) is 35.6 Å². The minimum Gasteiger partial charge on any atom is -0.351 e. The maximum absolute atomic E-state index is 12.5. The Kier molecular flexibility index (Phi) is 7.08. The van der Waals surface area contributed by atoms with Crippen LogP contribution in [0.15, 0.2) is 76.9 Å². The van der Waals surface area contributed by atoms with E-state index in [9.17, 15) is 13.2 Å². The second kappa shape index (κ2) is 10.0. The standard InChI is InChI=1S/C23H22N4O3S3/c1-27(2)33(29,30)20-11-7-6-10-17(20)13-24-21(28)14-31-22-18-12-19(16-8-4-3-5-9-16)32-23(18)26-15-25-22/h3-12,15H,13-14H2,1-2H3,(H,24,28). The lowest BCUT2D eigenvalue weighted by molar-refractivity contribution is -0.118. The highest BCUT2D eigenvalue weighted by Gasteiger charge is 2.21. The Morgan fingerprint density at radius 1 is 1.06 bits per heavy atom. The molecule has 10 heteroatoms. The Bertz CT molecular complexity index is 1390. The molecule has 0 saturated heterocycles. The number of thiophene rings is 1. The summed E-state index contributed by atoms with van der Waals surface area (Å²) in [4.78, 5) is 23.4. The fraction of sp³-hybridized carbons (Fsp3) is 0.174. The molecule has 0 atom stereocenters. The van der Waals surface area contributed by atoms with Gasteiger partial charge in [-0.05, 0) is 23.3 Å². The van der Waals surface area contributed by atoms with Crippen LogP contribution in [0.2, 0.25) is 0 Å². The zero-order chi connectivity index (χ0) is 23.4. The zero-order valence-corrected chi connectivity index (χ0v) is 20.5. The van der Waals surface area contributed by atoms with E-state index in [-0.39, 0.29) is 23.1 Å². The average Bonchev–Trinajstić information content (AvgIpc) is 3.27. The van der Waals surface area contributed by atoms with E-state index < -0.39 is 10.0 Å². The van der Waals surface area contributed by atoms with Crippen LogP contribution in [0.5, 0.6) is 0 Å². The highest BCUT2D eigenvalue weighted by atomic mass is 32.2. The van der Waals surface area contributed by atoms with Crippen LogP contribution >= 0.6 is 23.1 Å². The summed E-state index contributed by atoms with van der Waals surface area (Å²) >= 11 is 2.92. The van der Waals surface area contributed by atoms with E-state index in [0.717, 1.165) is 30.0 Å². The molecule has 0 aliphatic carbocycles. The molecule has 0 spiro atoms. The van der Waals surface area contributed by atoms with Gasteiger partial charge in [0.05, 0.1) is 10.6 Å². The molecule has 0 aliphatic heterocycles. The summed E-state index contributed by atoms with van der Waals surface area (Å²) < 4.78 is 26.2. The van der Waals surface area contributed by atoms with Crippen LogP contribution in [0.4, 0.5) is 0 Å². The summed E-state index contributed by atoms with van der Waals surface area (Å²) in [6, 6.07) is 18.8. The topological polar surface area (TPSA) is 92.3 Å². The minimum atomic E-state index is -3.59. The van der Waals surface area contributed by atoms with Crippen LogP contribution in [0.1, 0.15) is 5.56 Å². The lowest BCUT2D eigenvalue weighted by atomic mass is 10.2. The molecule has 0 unspecified atom stereocenters. The summed E-state index contributed by atoms with van der Waals surface area (Å²) in [7, 11) is -0.627. The lowest BCUT2D eigenvalue weighted by Crippen LogP contribution is -2.28. The van der Waals surface area contributed by atoms with Gasteiger partial charge in [-0.25, -0.2) is 22.7 Å². The maximum atomic E-state index is 12.5. The van der Waals surface area contributed by atoms with Crippen LogP contribution < -0.4 is 5.32 Å². The van der Waals surface area contributed by atoms with Gasteiger partial charge in [0, 0.05) is 30.9 Å². The Morgan fingerprint density at radius 2 is 1.79 bits per heavy atom. The van der Waals surface area contributed by atoms with Crippen LogP contribution in [-0.4, -0.2) is 48.4 Å². The fourth-order valence-corrected chi connectivity index (χ4v) is 6.16. The van der Waals surface area contributed by atoms with Gasteiger partial charge in [0.1, 0.15) is 16.2 Å². The minimum absolute atomic E-state index is 0.123. The van der Waals surface area contributed by atoms with Crippen molar-refractivity contribution in [3.8, 4) is 10.4 Å². The van der Waals surface area contributed by atoms with E-state index in [2.05, 4.69) is 21.4 Å². The molecule has 2 aromatic heterocycles.